The Hall–Kier alpha value is -1.75. The maximum atomic E-state index is 11.2. The van der Waals surface area contributed by atoms with Gasteiger partial charge in [0.15, 0.2) is 0 Å². The largest absolute Gasteiger partial charge is 0.491 e. The van der Waals surface area contributed by atoms with Crippen LogP contribution in [0, 0.1) is 0 Å². The van der Waals surface area contributed by atoms with Crippen molar-refractivity contribution in [2.45, 2.75) is 13.3 Å². The maximum absolute atomic E-state index is 11.2. The minimum Gasteiger partial charge on any atom is -0.491 e. The monoisotopic (exact) mass is 279 g/mol. The fraction of sp³-hybridized carbons (Fsp3) is 0.533. The first kappa shape index (κ1) is 14.7. The van der Waals surface area contributed by atoms with Gasteiger partial charge in [-0.25, -0.2) is 4.79 Å². The van der Waals surface area contributed by atoms with Crippen LogP contribution in [0.15, 0.2) is 24.3 Å². The number of fused-ring (bicyclic) bond motifs is 1. The van der Waals surface area contributed by atoms with Gasteiger partial charge in [-0.3, -0.25) is 0 Å². The van der Waals surface area contributed by atoms with Gasteiger partial charge in [-0.2, -0.15) is 0 Å². The Balaban J connectivity index is 1.82. The Morgan fingerprint density at radius 2 is 2.25 bits per heavy atom. The lowest BCUT2D eigenvalue weighted by Crippen LogP contribution is -2.28. The van der Waals surface area contributed by atoms with E-state index in [0.717, 1.165) is 37.6 Å². The number of nitrogens with zero attached hydrogens (tertiary/aromatic N) is 1. The summed E-state index contributed by atoms with van der Waals surface area (Å²) in [6.45, 7) is 5.08. The standard InChI is InChI=1S/C15H21NO4/c1-2-19-15(17)12-18-11-9-16-8-5-10-20-14-7-4-3-6-13(14)16/h3-4,6-7H,2,5,8-12H2,1H3. The van der Waals surface area contributed by atoms with E-state index in [1.807, 2.05) is 24.3 Å². The fourth-order valence-corrected chi connectivity index (χ4v) is 2.16. The zero-order valence-electron chi connectivity index (χ0n) is 11.8. The van der Waals surface area contributed by atoms with Gasteiger partial charge in [0.1, 0.15) is 12.4 Å². The van der Waals surface area contributed by atoms with Crippen molar-refractivity contribution in [3.05, 3.63) is 24.3 Å². The minimum absolute atomic E-state index is 0.0137. The average Bonchev–Trinajstić information content (AvgIpc) is 2.66. The van der Waals surface area contributed by atoms with Crippen molar-refractivity contribution in [3.8, 4) is 5.75 Å². The third-order valence-electron chi connectivity index (χ3n) is 3.07. The van der Waals surface area contributed by atoms with Gasteiger partial charge in [0.2, 0.25) is 0 Å². The lowest BCUT2D eigenvalue weighted by molar-refractivity contribution is -0.148. The average molecular weight is 279 g/mol. The number of para-hydroxylation sites is 2. The third kappa shape index (κ3) is 4.13. The van der Waals surface area contributed by atoms with E-state index in [4.69, 9.17) is 14.2 Å². The summed E-state index contributed by atoms with van der Waals surface area (Å²) >= 11 is 0. The van der Waals surface area contributed by atoms with Crippen LogP contribution in [-0.4, -0.2) is 45.5 Å². The molecule has 0 amide bonds. The number of hydrogen-bond acceptors (Lipinski definition) is 5. The molecule has 0 aliphatic carbocycles. The first-order valence-corrected chi connectivity index (χ1v) is 7.01. The van der Waals surface area contributed by atoms with Crippen LogP contribution in [-0.2, 0) is 14.3 Å². The molecule has 0 N–H and O–H groups in total. The van der Waals surface area contributed by atoms with Crippen molar-refractivity contribution in [1.82, 2.24) is 0 Å². The Morgan fingerprint density at radius 3 is 3.10 bits per heavy atom. The van der Waals surface area contributed by atoms with Crippen molar-refractivity contribution < 1.29 is 19.0 Å². The van der Waals surface area contributed by atoms with Crippen LogP contribution in [0.1, 0.15) is 13.3 Å². The highest BCUT2D eigenvalue weighted by molar-refractivity contribution is 5.70. The van der Waals surface area contributed by atoms with Crippen molar-refractivity contribution in [2.75, 3.05) is 44.4 Å². The highest BCUT2D eigenvalue weighted by atomic mass is 16.6. The Morgan fingerprint density at radius 1 is 1.40 bits per heavy atom. The molecular formula is C15H21NO4. The number of anilines is 1. The summed E-state index contributed by atoms with van der Waals surface area (Å²) in [6, 6.07) is 8.00. The van der Waals surface area contributed by atoms with E-state index in [-0.39, 0.29) is 12.6 Å². The predicted octanol–water partition coefficient (Wildman–Crippen LogP) is 1.86. The van der Waals surface area contributed by atoms with Crippen LogP contribution < -0.4 is 9.64 Å². The van der Waals surface area contributed by atoms with Crippen molar-refractivity contribution in [2.24, 2.45) is 0 Å². The van der Waals surface area contributed by atoms with Crippen molar-refractivity contribution >= 4 is 11.7 Å². The smallest absolute Gasteiger partial charge is 0.332 e. The van der Waals surface area contributed by atoms with Gasteiger partial charge < -0.3 is 19.1 Å². The normalized spacial score (nSPS) is 14.2. The van der Waals surface area contributed by atoms with Gasteiger partial charge in [0, 0.05) is 13.1 Å². The molecule has 110 valence electrons. The summed E-state index contributed by atoms with van der Waals surface area (Å²) in [5.41, 5.74) is 1.09. The number of carbonyl (C=O) groups excluding carboxylic acids is 1. The lowest BCUT2D eigenvalue weighted by atomic mass is 10.2. The molecule has 1 aromatic rings. The van der Waals surface area contributed by atoms with Crippen molar-refractivity contribution in [3.63, 3.8) is 0 Å². The van der Waals surface area contributed by atoms with E-state index in [0.29, 0.717) is 13.2 Å². The fourth-order valence-electron chi connectivity index (χ4n) is 2.16. The van der Waals surface area contributed by atoms with Crippen LogP contribution in [0.25, 0.3) is 0 Å². The first-order valence-electron chi connectivity index (χ1n) is 7.01. The van der Waals surface area contributed by atoms with Crippen LogP contribution >= 0.6 is 0 Å². The number of esters is 1. The molecule has 0 aromatic heterocycles. The summed E-state index contributed by atoms with van der Waals surface area (Å²) in [5, 5.41) is 0. The van der Waals surface area contributed by atoms with E-state index in [1.165, 1.54) is 0 Å². The highest BCUT2D eigenvalue weighted by Crippen LogP contribution is 2.29. The number of ether oxygens (including phenoxy) is 3. The summed E-state index contributed by atoms with van der Waals surface area (Å²) in [4.78, 5) is 13.4. The highest BCUT2D eigenvalue weighted by Gasteiger charge is 2.15. The minimum atomic E-state index is -0.313. The lowest BCUT2D eigenvalue weighted by Gasteiger charge is -2.23. The molecule has 0 bridgehead atoms. The summed E-state index contributed by atoms with van der Waals surface area (Å²) in [5.74, 6) is 0.600. The molecule has 0 saturated heterocycles. The van der Waals surface area contributed by atoms with Gasteiger partial charge in [-0.1, -0.05) is 12.1 Å². The Labute approximate surface area is 119 Å². The Kier molecular flexibility index (Phi) is 5.68. The SMILES string of the molecule is CCOC(=O)COCCN1CCCOc2ccccc21. The molecule has 0 radical (unpaired) electrons. The van der Waals surface area contributed by atoms with E-state index in [1.54, 1.807) is 6.92 Å². The zero-order valence-corrected chi connectivity index (χ0v) is 11.8. The van der Waals surface area contributed by atoms with Gasteiger partial charge in [-0.15, -0.1) is 0 Å². The molecule has 0 saturated carbocycles. The molecule has 5 nitrogen and oxygen atoms in total. The molecule has 0 unspecified atom stereocenters. The molecule has 0 fully saturated rings. The number of benzene rings is 1. The number of hydrogen-bond donors (Lipinski definition) is 0. The van der Waals surface area contributed by atoms with Crippen LogP contribution in [0.3, 0.4) is 0 Å². The zero-order chi connectivity index (χ0) is 14.2. The molecule has 1 heterocycles. The summed E-state index contributed by atoms with van der Waals surface area (Å²) < 4.78 is 15.9. The number of carbonyl (C=O) groups is 1. The van der Waals surface area contributed by atoms with Gasteiger partial charge in [0.25, 0.3) is 0 Å². The van der Waals surface area contributed by atoms with Gasteiger partial charge in [0.05, 0.1) is 25.5 Å². The topological polar surface area (TPSA) is 48.0 Å². The number of rotatable bonds is 6. The van der Waals surface area contributed by atoms with E-state index < -0.39 is 0 Å². The second-order valence-electron chi connectivity index (χ2n) is 4.51. The van der Waals surface area contributed by atoms with Crippen molar-refractivity contribution in [1.29, 1.82) is 0 Å². The van der Waals surface area contributed by atoms with E-state index >= 15 is 0 Å². The molecule has 5 heteroatoms. The van der Waals surface area contributed by atoms with E-state index in [9.17, 15) is 4.79 Å². The molecule has 0 atom stereocenters. The van der Waals surface area contributed by atoms with E-state index in [2.05, 4.69) is 4.90 Å². The maximum Gasteiger partial charge on any atom is 0.332 e. The molecule has 2 rings (SSSR count). The summed E-state index contributed by atoms with van der Waals surface area (Å²) in [7, 11) is 0. The third-order valence-corrected chi connectivity index (χ3v) is 3.07. The quantitative estimate of drug-likeness (QED) is 0.587. The van der Waals surface area contributed by atoms with Gasteiger partial charge >= 0.3 is 5.97 Å². The predicted molar refractivity (Wildman–Crippen MR) is 76.2 cm³/mol. The molecule has 1 aromatic carbocycles. The molecule has 20 heavy (non-hydrogen) atoms. The molecule has 0 spiro atoms. The van der Waals surface area contributed by atoms with Gasteiger partial charge in [-0.05, 0) is 25.5 Å². The van der Waals surface area contributed by atoms with Crippen LogP contribution in [0.5, 0.6) is 5.75 Å². The Bertz CT molecular complexity index is 436. The second-order valence-corrected chi connectivity index (χ2v) is 4.51. The van der Waals surface area contributed by atoms with Crippen LogP contribution in [0.4, 0.5) is 5.69 Å². The molecule has 1 aliphatic heterocycles. The summed E-state index contributed by atoms with van der Waals surface area (Å²) in [6.07, 6.45) is 0.979. The molecular weight excluding hydrogens is 258 g/mol. The molecule has 1 aliphatic rings. The van der Waals surface area contributed by atoms with Crippen LogP contribution in [0.2, 0.25) is 0 Å². The first-order chi connectivity index (χ1) is 9.81. The second kappa shape index (κ2) is 7.75.